The Morgan fingerprint density at radius 1 is 1.00 bits per heavy atom. The van der Waals surface area contributed by atoms with E-state index in [-0.39, 0.29) is 55.5 Å². The van der Waals surface area contributed by atoms with E-state index in [0.29, 0.717) is 0 Å². The van der Waals surface area contributed by atoms with E-state index in [1.54, 1.807) is 0 Å². The predicted octanol–water partition coefficient (Wildman–Crippen LogP) is -3.06. The molecule has 0 aromatic rings. The average Bonchev–Trinajstić information content (AvgIpc) is 1.14. The average molecular weight is 274 g/mol. The molecule has 0 spiro atoms. The van der Waals surface area contributed by atoms with Crippen molar-refractivity contribution in [2.45, 2.75) is 7.43 Å². The first-order valence-corrected chi connectivity index (χ1v) is 4.59. The molecule has 0 aliphatic carbocycles. The quantitative estimate of drug-likeness (QED) is 0.311. The molecule has 0 fully saturated rings. The summed E-state index contributed by atoms with van der Waals surface area (Å²) in [5.41, 5.74) is 0. The zero-order chi connectivity index (χ0) is 7.71. The smallest absolute Gasteiger partial charge is 1.00 e. The van der Waals surface area contributed by atoms with E-state index in [4.69, 9.17) is 19.6 Å². The normalized spacial score (nSPS) is 10.3. The van der Waals surface area contributed by atoms with E-state index in [1.165, 1.54) is 0 Å². The van der Waals surface area contributed by atoms with Crippen molar-refractivity contribution < 1.29 is 81.1 Å². The zero-order valence-corrected chi connectivity index (χ0v) is 10.2. The Morgan fingerprint density at radius 3 is 1.17 bits per heavy atom. The van der Waals surface area contributed by atoms with E-state index < -0.39 is 15.6 Å². The van der Waals surface area contributed by atoms with E-state index in [2.05, 4.69) is 4.31 Å². The third kappa shape index (κ3) is 22.6. The van der Waals surface area contributed by atoms with Crippen molar-refractivity contribution in [2.75, 3.05) is 0 Å². The third-order valence-electron chi connectivity index (χ3n) is 0.213. The summed E-state index contributed by atoms with van der Waals surface area (Å²) < 4.78 is 22.2. The first-order valence-electron chi connectivity index (χ1n) is 1.53. The van der Waals surface area contributed by atoms with Crippen molar-refractivity contribution in [3.8, 4) is 0 Å². The fraction of sp³-hybridized carbons (Fsp3) is 1.00. The first kappa shape index (κ1) is 23.5. The van der Waals surface area contributed by atoms with Gasteiger partial charge in [0.15, 0.2) is 0 Å². The van der Waals surface area contributed by atoms with Crippen LogP contribution in [-0.2, 0) is 30.5 Å². The first-order chi connectivity index (χ1) is 3.71. The fourth-order valence-corrected chi connectivity index (χ4v) is 1.25. The summed E-state index contributed by atoms with van der Waals surface area (Å²) in [7, 11) is -10.1. The monoisotopic (exact) mass is 274 g/mol. The van der Waals surface area contributed by atoms with Crippen LogP contribution in [0, 0.1) is 0 Å². The van der Waals surface area contributed by atoms with E-state index >= 15 is 0 Å². The van der Waals surface area contributed by atoms with Gasteiger partial charge in [0.05, 0.1) is 0 Å². The van der Waals surface area contributed by atoms with Gasteiger partial charge in [0, 0.05) is 17.1 Å². The second-order valence-electron chi connectivity index (χ2n) is 1.06. The zero-order valence-electron chi connectivity index (χ0n) is 6.26. The molecule has 0 bridgehead atoms. The van der Waals surface area contributed by atoms with Crippen LogP contribution in [0.4, 0.5) is 0 Å². The summed E-state index contributed by atoms with van der Waals surface area (Å²) in [6, 6.07) is 0. The standard InChI is InChI=1S/CH4.Fe.Na.H4O7P2.H/c;;;1-8(2,3)7-9(4,5)6;/h1H4;;;(H2,1,2,3)(H2,4,5,6);/q;;+1;;-1. The molecule has 4 N–H and O–H groups in total. The Balaban J connectivity index is -0.0000000533. The molecule has 0 aliphatic heterocycles. The third-order valence-corrected chi connectivity index (χ3v) is 1.91. The molecule has 74 valence electrons. The fourth-order valence-electron chi connectivity index (χ4n) is 0.139. The molecule has 12 heavy (non-hydrogen) atoms. The molecule has 0 aliphatic rings. The van der Waals surface area contributed by atoms with E-state index in [0.717, 1.165) is 0 Å². The predicted molar refractivity (Wildman–Crippen MR) is 33.0 cm³/mol. The Morgan fingerprint density at radius 2 is 1.17 bits per heavy atom. The second kappa shape index (κ2) is 8.12. The second-order valence-corrected chi connectivity index (χ2v) is 3.68. The maximum absolute atomic E-state index is 9.63. The van der Waals surface area contributed by atoms with Gasteiger partial charge in [-0.2, -0.15) is 4.31 Å². The van der Waals surface area contributed by atoms with Gasteiger partial charge in [-0.05, 0) is 0 Å². The molecule has 0 heterocycles. The van der Waals surface area contributed by atoms with Gasteiger partial charge in [0.1, 0.15) is 0 Å². The molecular formula is CH9FeNaO7P2. The SMILES string of the molecule is C.O=P(O)(O)OP(=O)(O)O.[Fe].[H-].[Na+]. The molecule has 0 rings (SSSR count). The maximum Gasteiger partial charge on any atom is 1.00 e. The molecule has 0 saturated heterocycles. The summed E-state index contributed by atoms with van der Waals surface area (Å²) in [6.07, 6.45) is 0. The number of phosphoric acid groups is 2. The summed E-state index contributed by atoms with van der Waals surface area (Å²) in [6.45, 7) is 0. The van der Waals surface area contributed by atoms with Gasteiger partial charge in [0.25, 0.3) is 0 Å². The summed E-state index contributed by atoms with van der Waals surface area (Å²) in [5.74, 6) is 0. The van der Waals surface area contributed by atoms with Crippen molar-refractivity contribution >= 4 is 15.6 Å². The topological polar surface area (TPSA) is 124 Å². The minimum absolute atomic E-state index is 0. The van der Waals surface area contributed by atoms with Crippen molar-refractivity contribution in [2.24, 2.45) is 0 Å². The Bertz CT molecular complexity index is 167. The molecular weight excluding hydrogens is 265 g/mol. The maximum atomic E-state index is 9.63. The van der Waals surface area contributed by atoms with Crippen molar-refractivity contribution in [1.29, 1.82) is 0 Å². The van der Waals surface area contributed by atoms with E-state index in [1.807, 2.05) is 0 Å². The molecule has 0 radical (unpaired) electrons. The molecule has 11 heteroatoms. The molecule has 0 amide bonds. The molecule has 0 unspecified atom stereocenters. The molecule has 7 nitrogen and oxygen atoms in total. The van der Waals surface area contributed by atoms with Gasteiger partial charge < -0.3 is 21.0 Å². The van der Waals surface area contributed by atoms with Gasteiger partial charge in [-0.25, -0.2) is 9.13 Å². The Kier molecular flexibility index (Phi) is 15.9. The minimum atomic E-state index is -5.05. The van der Waals surface area contributed by atoms with E-state index in [9.17, 15) is 9.13 Å². The van der Waals surface area contributed by atoms with Crippen LogP contribution < -0.4 is 29.6 Å². The molecule has 0 aromatic heterocycles. The van der Waals surface area contributed by atoms with Gasteiger partial charge >= 0.3 is 45.2 Å². The summed E-state index contributed by atoms with van der Waals surface area (Å²) in [5, 5.41) is 0. The van der Waals surface area contributed by atoms with Gasteiger partial charge in [0.2, 0.25) is 0 Å². The minimum Gasteiger partial charge on any atom is -1.00 e. The van der Waals surface area contributed by atoms with Crippen molar-refractivity contribution in [1.82, 2.24) is 0 Å². The van der Waals surface area contributed by atoms with Crippen LogP contribution in [0.1, 0.15) is 8.85 Å². The molecule has 0 atom stereocenters. The van der Waals surface area contributed by atoms with Gasteiger partial charge in [-0.3, -0.25) is 0 Å². The number of hydrogen-bond donors (Lipinski definition) is 4. The van der Waals surface area contributed by atoms with Crippen LogP contribution in [0.3, 0.4) is 0 Å². The molecule has 0 aromatic carbocycles. The molecule has 0 saturated carbocycles. The van der Waals surface area contributed by atoms with Gasteiger partial charge in [-0.15, -0.1) is 0 Å². The van der Waals surface area contributed by atoms with Crippen LogP contribution in [0.5, 0.6) is 0 Å². The van der Waals surface area contributed by atoms with Crippen molar-refractivity contribution in [3.05, 3.63) is 0 Å². The largest absolute Gasteiger partial charge is 1.00 e. The van der Waals surface area contributed by atoms with Crippen LogP contribution in [0.2, 0.25) is 0 Å². The number of rotatable bonds is 2. The number of hydrogen-bond acceptors (Lipinski definition) is 3. The van der Waals surface area contributed by atoms with Gasteiger partial charge in [-0.1, -0.05) is 7.43 Å². The van der Waals surface area contributed by atoms with Crippen LogP contribution in [0.15, 0.2) is 0 Å². The van der Waals surface area contributed by atoms with Crippen LogP contribution in [-0.4, -0.2) is 19.6 Å². The van der Waals surface area contributed by atoms with Crippen LogP contribution in [0.25, 0.3) is 0 Å². The Hall–Kier alpha value is 1.78. The summed E-state index contributed by atoms with van der Waals surface area (Å²) >= 11 is 0. The van der Waals surface area contributed by atoms with Crippen molar-refractivity contribution in [3.63, 3.8) is 0 Å². The summed E-state index contributed by atoms with van der Waals surface area (Å²) in [4.78, 5) is 31.0. The Labute approximate surface area is 104 Å². The van der Waals surface area contributed by atoms with Crippen LogP contribution >= 0.6 is 15.6 Å².